The Morgan fingerprint density at radius 1 is 1.02 bits per heavy atom. The highest BCUT2D eigenvalue weighted by Crippen LogP contribution is 2.35. The van der Waals surface area contributed by atoms with Gasteiger partial charge in [0.05, 0.1) is 29.2 Å². The van der Waals surface area contributed by atoms with Crippen molar-refractivity contribution in [3.8, 4) is 11.3 Å². The number of hydrogen-bond acceptors (Lipinski definition) is 6. The fourth-order valence-corrected chi connectivity index (χ4v) is 5.56. The molecular formula is C32H33ClF2N8. The summed E-state index contributed by atoms with van der Waals surface area (Å²) < 4.78 is 29.6. The van der Waals surface area contributed by atoms with Gasteiger partial charge in [-0.1, -0.05) is 31.2 Å². The van der Waals surface area contributed by atoms with Crippen molar-refractivity contribution in [2.24, 2.45) is 15.7 Å². The molecule has 4 N–H and O–H groups in total. The minimum absolute atomic E-state index is 0. The van der Waals surface area contributed by atoms with E-state index in [1.807, 2.05) is 24.3 Å². The molecule has 0 bridgehead atoms. The third kappa shape index (κ3) is 6.35. The molecule has 2 aliphatic heterocycles. The number of rotatable bonds is 4. The lowest BCUT2D eigenvalue weighted by atomic mass is 9.95. The van der Waals surface area contributed by atoms with Crippen LogP contribution >= 0.6 is 11.6 Å². The largest absolute Gasteiger partial charge is 0.369 e. The van der Waals surface area contributed by atoms with Crippen LogP contribution in [0.1, 0.15) is 38.0 Å². The Labute approximate surface area is 254 Å². The number of guanidine groups is 1. The number of nitrogens with one attached hydrogen (secondary N) is 2. The fourth-order valence-electron chi connectivity index (χ4n) is 5.39. The molecule has 0 saturated carbocycles. The van der Waals surface area contributed by atoms with Gasteiger partial charge < -0.3 is 21.3 Å². The van der Waals surface area contributed by atoms with Crippen LogP contribution in [-0.4, -0.2) is 51.7 Å². The lowest BCUT2D eigenvalue weighted by Gasteiger charge is -2.36. The zero-order chi connectivity index (χ0) is 29.4. The van der Waals surface area contributed by atoms with E-state index in [0.29, 0.717) is 51.4 Å². The van der Waals surface area contributed by atoms with E-state index in [2.05, 4.69) is 44.3 Å². The molecule has 1 aromatic heterocycles. The monoisotopic (exact) mass is 602 g/mol. The summed E-state index contributed by atoms with van der Waals surface area (Å²) in [5.41, 5.74) is 10.2. The Hall–Kier alpha value is -4.41. The number of nitrogens with two attached hydrogens (primary N) is 1. The first-order valence-electron chi connectivity index (χ1n) is 13.6. The molecule has 1 fully saturated rings. The van der Waals surface area contributed by atoms with Gasteiger partial charge in [0.25, 0.3) is 0 Å². The maximum atomic E-state index is 14.8. The lowest BCUT2D eigenvalue weighted by Crippen LogP contribution is -2.57. The maximum absolute atomic E-state index is 14.8. The van der Waals surface area contributed by atoms with Crippen molar-refractivity contribution in [2.75, 3.05) is 18.4 Å². The molecule has 3 aromatic carbocycles. The smallest absolute Gasteiger partial charge is 0.227 e. The molecule has 2 atom stereocenters. The normalized spacial score (nSPS) is 18.1. The second kappa shape index (κ2) is 12.4. The second-order valence-corrected chi connectivity index (χ2v) is 11.0. The first-order chi connectivity index (χ1) is 20.2. The van der Waals surface area contributed by atoms with E-state index in [1.165, 1.54) is 18.2 Å². The minimum Gasteiger partial charge on any atom is -0.369 e. The molecule has 8 nitrogen and oxygen atoms in total. The van der Waals surface area contributed by atoms with Crippen LogP contribution in [0.2, 0.25) is 5.02 Å². The second-order valence-electron chi connectivity index (χ2n) is 10.5. The summed E-state index contributed by atoms with van der Waals surface area (Å²) in [7, 11) is 0. The third-order valence-corrected chi connectivity index (χ3v) is 7.45. The molecule has 2 unspecified atom stereocenters. The molecule has 0 spiro atoms. The summed E-state index contributed by atoms with van der Waals surface area (Å²) in [6.45, 7) is 6.00. The highest BCUT2D eigenvalue weighted by atomic mass is 35.5. The van der Waals surface area contributed by atoms with Crippen LogP contribution in [0.3, 0.4) is 0 Å². The lowest BCUT2D eigenvalue weighted by molar-refractivity contribution is 0.253. The Morgan fingerprint density at radius 2 is 1.72 bits per heavy atom. The van der Waals surface area contributed by atoms with Crippen LogP contribution < -0.4 is 16.4 Å². The van der Waals surface area contributed by atoms with Gasteiger partial charge in [0.1, 0.15) is 11.6 Å². The van der Waals surface area contributed by atoms with Gasteiger partial charge in [-0.3, -0.25) is 4.99 Å². The van der Waals surface area contributed by atoms with Crippen molar-refractivity contribution < 1.29 is 8.78 Å². The highest BCUT2D eigenvalue weighted by Gasteiger charge is 2.25. The van der Waals surface area contributed by atoms with Crippen LogP contribution in [0, 0.1) is 11.6 Å². The van der Waals surface area contributed by atoms with Crippen LogP contribution in [0.15, 0.2) is 76.8 Å². The van der Waals surface area contributed by atoms with Crippen molar-refractivity contribution in [1.82, 2.24) is 20.2 Å². The Balaban J connectivity index is 0.00000368. The van der Waals surface area contributed by atoms with Crippen LogP contribution in [-0.2, 0) is 6.54 Å². The Morgan fingerprint density at radius 3 is 2.42 bits per heavy atom. The number of anilines is 2. The molecular weight excluding hydrogens is 570 g/mol. The van der Waals surface area contributed by atoms with Gasteiger partial charge in [0.2, 0.25) is 5.95 Å². The summed E-state index contributed by atoms with van der Waals surface area (Å²) >= 11 is 6.32. The summed E-state index contributed by atoms with van der Waals surface area (Å²) in [5, 5.41) is 7.13. The van der Waals surface area contributed by atoms with Crippen LogP contribution in [0.5, 0.6) is 0 Å². The summed E-state index contributed by atoms with van der Waals surface area (Å²) in [5.74, 6) is -0.563. The zero-order valence-electron chi connectivity index (χ0n) is 23.1. The topological polar surface area (TPSA) is 104 Å². The third-order valence-electron chi connectivity index (χ3n) is 7.21. The first kappa shape index (κ1) is 30.1. The molecule has 11 heteroatoms. The summed E-state index contributed by atoms with van der Waals surface area (Å²) in [6.07, 6.45) is 1.67. The zero-order valence-corrected chi connectivity index (χ0v) is 23.8. The molecule has 4 aromatic rings. The summed E-state index contributed by atoms with van der Waals surface area (Å²) in [6, 6.07) is 17.0. The van der Waals surface area contributed by atoms with Gasteiger partial charge in [-0.25, -0.2) is 23.7 Å². The van der Waals surface area contributed by atoms with E-state index in [-0.39, 0.29) is 25.2 Å². The maximum Gasteiger partial charge on any atom is 0.227 e. The number of piperazine rings is 1. The Kier molecular flexibility index (Phi) is 8.70. The Bertz CT molecular complexity index is 1680. The predicted octanol–water partition coefficient (Wildman–Crippen LogP) is 6.43. The van der Waals surface area contributed by atoms with Crippen molar-refractivity contribution in [3.05, 3.63) is 100 Å². The SMILES string of the molecule is C.CC1CN(C(N)=Nc2ccc(Nc3ncc4c(n3)-c3ccc(Cl)cc3C(c3c(F)cccc3F)=NC4)cc2)CC(C)N1. The van der Waals surface area contributed by atoms with E-state index in [9.17, 15) is 8.78 Å². The standard InChI is InChI=1S/C31H29ClF2N8.CH4/c1-17-15-42(16-18(2)38-17)30(35)39-21-7-9-22(10-8-21)40-31-37-14-19-13-36-29(27-25(33)4-3-5-26(27)34)24-12-20(32)6-11-23(24)28(19)41-31;/h3-12,14,17-18,38H,13,15-16H2,1-2H3,(H2,35,39)(H,37,40,41);1H4. The van der Waals surface area contributed by atoms with E-state index < -0.39 is 11.6 Å². The molecule has 222 valence electrons. The number of nitrogens with zero attached hydrogens (tertiary/aromatic N) is 5. The molecule has 3 heterocycles. The van der Waals surface area contributed by atoms with E-state index >= 15 is 0 Å². The van der Waals surface area contributed by atoms with E-state index in [4.69, 9.17) is 22.3 Å². The number of hydrogen-bond donors (Lipinski definition) is 3. The van der Waals surface area contributed by atoms with Gasteiger partial charge in [-0.05, 0) is 62.4 Å². The molecule has 2 aliphatic rings. The van der Waals surface area contributed by atoms with Crippen molar-refractivity contribution in [2.45, 2.75) is 39.9 Å². The van der Waals surface area contributed by atoms with Crippen molar-refractivity contribution in [3.63, 3.8) is 0 Å². The fraction of sp³-hybridized carbons (Fsp3) is 0.250. The van der Waals surface area contributed by atoms with Gasteiger partial charge in [0, 0.05) is 58.8 Å². The van der Waals surface area contributed by atoms with E-state index in [1.54, 1.807) is 24.4 Å². The number of benzene rings is 3. The van der Waals surface area contributed by atoms with E-state index in [0.717, 1.165) is 24.5 Å². The average Bonchev–Trinajstić information content (AvgIpc) is 3.10. The minimum atomic E-state index is -0.703. The average molecular weight is 603 g/mol. The number of aliphatic imine (C=N–C) groups is 2. The molecule has 0 amide bonds. The molecule has 0 aliphatic carbocycles. The number of halogens is 3. The molecule has 6 rings (SSSR count). The van der Waals surface area contributed by atoms with Crippen LogP contribution in [0.4, 0.5) is 26.1 Å². The van der Waals surface area contributed by atoms with Crippen LogP contribution in [0.25, 0.3) is 11.3 Å². The van der Waals surface area contributed by atoms with Crippen molar-refractivity contribution in [1.29, 1.82) is 0 Å². The summed E-state index contributed by atoms with van der Waals surface area (Å²) in [4.78, 5) is 20.5. The van der Waals surface area contributed by atoms with Crippen molar-refractivity contribution >= 4 is 40.6 Å². The van der Waals surface area contributed by atoms with Gasteiger partial charge in [0.15, 0.2) is 5.96 Å². The number of aromatic nitrogens is 2. The molecule has 43 heavy (non-hydrogen) atoms. The molecule has 1 saturated heterocycles. The quantitative estimate of drug-likeness (QED) is 0.184. The van der Waals surface area contributed by atoms with Gasteiger partial charge >= 0.3 is 0 Å². The van der Waals surface area contributed by atoms with Gasteiger partial charge in [-0.15, -0.1) is 0 Å². The highest BCUT2D eigenvalue weighted by molar-refractivity contribution is 6.31. The first-order valence-corrected chi connectivity index (χ1v) is 14.0. The number of fused-ring (bicyclic) bond motifs is 3. The van der Waals surface area contributed by atoms with Gasteiger partial charge in [-0.2, -0.15) is 0 Å². The predicted molar refractivity (Wildman–Crippen MR) is 170 cm³/mol. The molecule has 0 radical (unpaired) electrons.